The minimum atomic E-state index is -1.21. The van der Waals surface area contributed by atoms with Gasteiger partial charge in [-0.05, 0) is 0 Å². The van der Waals surface area contributed by atoms with Crippen molar-refractivity contribution >= 4 is 41.2 Å². The summed E-state index contributed by atoms with van der Waals surface area (Å²) in [5, 5.41) is 8.13. The molecular formula is C10H10ClNO5S. The summed E-state index contributed by atoms with van der Waals surface area (Å²) in [5.74, 6) is -1.75. The number of hydrogen-bond acceptors (Lipinski definition) is 5. The molecule has 2 aliphatic rings. The third kappa shape index (κ3) is 2.08. The number of carboxylic acids is 1. The molecule has 18 heavy (non-hydrogen) atoms. The molecule has 1 unspecified atom stereocenters. The van der Waals surface area contributed by atoms with Crippen LogP contribution in [0.1, 0.15) is 6.92 Å². The number of alkyl halides is 1. The van der Waals surface area contributed by atoms with Gasteiger partial charge in [-0.3, -0.25) is 14.5 Å². The van der Waals surface area contributed by atoms with Gasteiger partial charge in [0, 0.05) is 18.2 Å². The van der Waals surface area contributed by atoms with Crippen molar-refractivity contribution in [1.29, 1.82) is 0 Å². The summed E-state index contributed by atoms with van der Waals surface area (Å²) < 4.78 is 4.79. The van der Waals surface area contributed by atoms with Gasteiger partial charge in [0.15, 0.2) is 0 Å². The molecule has 0 saturated carbocycles. The lowest BCUT2D eigenvalue weighted by atomic mass is 10.1. The number of rotatable bonds is 3. The van der Waals surface area contributed by atoms with Crippen molar-refractivity contribution < 1.29 is 24.2 Å². The van der Waals surface area contributed by atoms with E-state index in [1.54, 1.807) is 0 Å². The standard InChI is InChI=1S/C10H10ClNO5S/c1-4(13)17-2-5-3-18-9-6(11)8(14)12(9)7(5)10(15)16/h6,9H,2-3H2,1H3,(H,15,16)/t6-,9?/m0/s1. The largest absolute Gasteiger partial charge is 0.477 e. The first-order chi connectivity index (χ1) is 8.43. The molecule has 0 aromatic heterocycles. The molecule has 2 heterocycles. The van der Waals surface area contributed by atoms with Gasteiger partial charge in [-0.15, -0.1) is 23.4 Å². The normalized spacial score (nSPS) is 26.6. The molecule has 2 atom stereocenters. The summed E-state index contributed by atoms with van der Waals surface area (Å²) in [4.78, 5) is 34.7. The summed E-state index contributed by atoms with van der Waals surface area (Å²) in [6.07, 6.45) is 0. The van der Waals surface area contributed by atoms with Gasteiger partial charge in [0.1, 0.15) is 23.1 Å². The van der Waals surface area contributed by atoms with Crippen LogP contribution < -0.4 is 0 Å². The van der Waals surface area contributed by atoms with Crippen LogP contribution in [0.15, 0.2) is 11.3 Å². The number of carbonyl (C=O) groups is 3. The maximum atomic E-state index is 11.6. The smallest absolute Gasteiger partial charge is 0.352 e. The van der Waals surface area contributed by atoms with Crippen LogP contribution in [-0.2, 0) is 19.1 Å². The van der Waals surface area contributed by atoms with Crippen LogP contribution >= 0.6 is 23.4 Å². The van der Waals surface area contributed by atoms with Crippen molar-refractivity contribution in [3.8, 4) is 0 Å². The number of nitrogens with zero attached hydrogens (tertiary/aromatic N) is 1. The van der Waals surface area contributed by atoms with E-state index in [1.807, 2.05) is 0 Å². The molecule has 0 radical (unpaired) electrons. The second-order valence-corrected chi connectivity index (χ2v) is 5.42. The number of ether oxygens (including phenoxy) is 1. The third-order valence-electron chi connectivity index (χ3n) is 2.63. The fraction of sp³-hybridized carbons (Fsp3) is 0.500. The Balaban J connectivity index is 2.26. The lowest BCUT2D eigenvalue weighted by Gasteiger charge is -2.46. The Labute approximate surface area is 112 Å². The molecule has 2 aliphatic heterocycles. The van der Waals surface area contributed by atoms with Gasteiger partial charge in [0.2, 0.25) is 5.91 Å². The molecule has 1 N–H and O–H groups in total. The lowest BCUT2D eigenvalue weighted by Crippen LogP contribution is -2.62. The molecule has 0 aromatic carbocycles. The van der Waals surface area contributed by atoms with Crippen molar-refractivity contribution in [2.24, 2.45) is 0 Å². The summed E-state index contributed by atoms with van der Waals surface area (Å²) in [6, 6.07) is 0. The minimum absolute atomic E-state index is 0.109. The van der Waals surface area contributed by atoms with Crippen LogP contribution in [0.5, 0.6) is 0 Å². The predicted molar refractivity (Wildman–Crippen MR) is 64.0 cm³/mol. The number of hydrogen-bond donors (Lipinski definition) is 1. The third-order valence-corrected chi connectivity index (χ3v) is 4.55. The molecule has 1 saturated heterocycles. The number of carboxylic acid groups (broad SMARTS) is 1. The van der Waals surface area contributed by atoms with Gasteiger partial charge >= 0.3 is 11.9 Å². The highest BCUT2D eigenvalue weighted by atomic mass is 35.5. The molecule has 0 spiro atoms. The highest BCUT2D eigenvalue weighted by Gasteiger charge is 2.52. The Kier molecular flexibility index (Phi) is 3.54. The van der Waals surface area contributed by atoms with Crippen molar-refractivity contribution in [1.82, 2.24) is 4.90 Å². The minimum Gasteiger partial charge on any atom is -0.477 e. The van der Waals surface area contributed by atoms with Gasteiger partial charge in [-0.2, -0.15) is 0 Å². The fourth-order valence-corrected chi connectivity index (χ4v) is 3.47. The van der Waals surface area contributed by atoms with E-state index in [2.05, 4.69) is 0 Å². The molecule has 6 nitrogen and oxygen atoms in total. The summed E-state index contributed by atoms with van der Waals surface area (Å²) in [7, 11) is 0. The monoisotopic (exact) mass is 291 g/mol. The molecule has 0 aromatic rings. The summed E-state index contributed by atoms with van der Waals surface area (Å²) >= 11 is 7.17. The lowest BCUT2D eigenvalue weighted by molar-refractivity contribution is -0.146. The summed E-state index contributed by atoms with van der Waals surface area (Å²) in [6.45, 7) is 1.12. The Morgan fingerprint density at radius 2 is 2.28 bits per heavy atom. The van der Waals surface area contributed by atoms with Gasteiger partial charge in [-0.25, -0.2) is 4.79 Å². The first-order valence-electron chi connectivity index (χ1n) is 5.11. The van der Waals surface area contributed by atoms with Gasteiger partial charge in [0.25, 0.3) is 0 Å². The number of aliphatic carboxylic acids is 1. The molecular weight excluding hydrogens is 282 g/mol. The Morgan fingerprint density at radius 3 is 2.83 bits per heavy atom. The first-order valence-corrected chi connectivity index (χ1v) is 6.59. The first kappa shape index (κ1) is 13.2. The predicted octanol–water partition coefficient (Wildman–Crippen LogP) is 0.411. The topological polar surface area (TPSA) is 83.9 Å². The maximum absolute atomic E-state index is 11.6. The average Bonchev–Trinajstić information content (AvgIpc) is 2.33. The van der Waals surface area contributed by atoms with Crippen molar-refractivity contribution in [2.45, 2.75) is 17.7 Å². The van der Waals surface area contributed by atoms with Gasteiger partial charge in [0.05, 0.1) is 0 Å². The van der Waals surface area contributed by atoms with E-state index in [0.717, 1.165) is 4.90 Å². The van der Waals surface area contributed by atoms with Crippen LogP contribution in [0.2, 0.25) is 0 Å². The molecule has 98 valence electrons. The highest BCUT2D eigenvalue weighted by molar-refractivity contribution is 8.00. The molecule has 2 rings (SSSR count). The number of thioether (sulfide) groups is 1. The quantitative estimate of drug-likeness (QED) is 0.461. The molecule has 0 aliphatic carbocycles. The highest BCUT2D eigenvalue weighted by Crippen LogP contribution is 2.42. The Bertz CT molecular complexity index is 463. The number of carbonyl (C=O) groups excluding carboxylic acids is 2. The van der Waals surface area contributed by atoms with Crippen molar-refractivity contribution in [2.75, 3.05) is 12.4 Å². The average molecular weight is 292 g/mol. The zero-order valence-corrected chi connectivity index (χ0v) is 11.0. The van der Waals surface area contributed by atoms with Crippen LogP contribution in [-0.4, -0.2) is 51.0 Å². The van der Waals surface area contributed by atoms with Gasteiger partial charge in [-0.1, -0.05) is 0 Å². The molecule has 1 fully saturated rings. The number of fused-ring (bicyclic) bond motifs is 1. The van der Waals surface area contributed by atoms with Crippen molar-refractivity contribution in [3.63, 3.8) is 0 Å². The second-order valence-electron chi connectivity index (χ2n) is 3.85. The number of amides is 1. The van der Waals surface area contributed by atoms with E-state index < -0.39 is 23.2 Å². The van der Waals surface area contributed by atoms with E-state index in [0.29, 0.717) is 11.3 Å². The van der Waals surface area contributed by atoms with Crippen LogP contribution in [0.3, 0.4) is 0 Å². The van der Waals surface area contributed by atoms with Crippen LogP contribution in [0, 0.1) is 0 Å². The zero-order valence-electron chi connectivity index (χ0n) is 9.38. The molecule has 0 bridgehead atoms. The zero-order chi connectivity index (χ0) is 13.4. The summed E-state index contributed by atoms with van der Waals surface area (Å²) in [5.41, 5.74) is 0.303. The number of esters is 1. The Morgan fingerprint density at radius 1 is 1.61 bits per heavy atom. The van der Waals surface area contributed by atoms with Crippen LogP contribution in [0.4, 0.5) is 0 Å². The molecule has 8 heteroatoms. The van der Waals surface area contributed by atoms with E-state index in [-0.39, 0.29) is 17.7 Å². The number of β-lactam (4-membered cyclic amide) rings is 1. The van der Waals surface area contributed by atoms with E-state index >= 15 is 0 Å². The SMILES string of the molecule is CC(=O)OCC1=C(C(=O)O)N2C(=O)[C@H](Cl)C2SC1. The van der Waals surface area contributed by atoms with E-state index in [4.69, 9.17) is 21.4 Å². The van der Waals surface area contributed by atoms with E-state index in [1.165, 1.54) is 18.7 Å². The maximum Gasteiger partial charge on any atom is 0.352 e. The Hall–Kier alpha value is -1.21. The second kappa shape index (κ2) is 4.81. The van der Waals surface area contributed by atoms with Crippen molar-refractivity contribution in [3.05, 3.63) is 11.3 Å². The van der Waals surface area contributed by atoms with Crippen LogP contribution in [0.25, 0.3) is 0 Å². The van der Waals surface area contributed by atoms with E-state index in [9.17, 15) is 14.4 Å². The number of halogens is 1. The van der Waals surface area contributed by atoms with Gasteiger partial charge < -0.3 is 9.84 Å². The fourth-order valence-electron chi connectivity index (χ4n) is 1.80. The molecule has 1 amide bonds.